The molecule has 0 saturated carbocycles. The summed E-state index contributed by atoms with van der Waals surface area (Å²) in [5, 5.41) is 12.6. The third kappa shape index (κ3) is 15.9. The van der Waals surface area contributed by atoms with E-state index in [2.05, 4.69) is 12.2 Å². The van der Waals surface area contributed by atoms with Crippen molar-refractivity contribution in [2.45, 2.75) is 90.7 Å². The van der Waals surface area contributed by atoms with Crippen molar-refractivity contribution in [1.29, 1.82) is 0 Å². The maximum absolute atomic E-state index is 9.45. The highest BCUT2D eigenvalue weighted by Crippen LogP contribution is 2.10. The lowest BCUT2D eigenvalue weighted by Gasteiger charge is -2.18. The van der Waals surface area contributed by atoms with E-state index in [4.69, 9.17) is 0 Å². The molecule has 104 valence electrons. The van der Waals surface area contributed by atoms with Gasteiger partial charge in [0.25, 0.3) is 0 Å². The minimum atomic E-state index is -0.709. The molecule has 0 aromatic rings. The Morgan fingerprint density at radius 2 is 1.18 bits per heavy atom. The van der Waals surface area contributed by atoms with Crippen molar-refractivity contribution >= 4 is 0 Å². The fourth-order valence-electron chi connectivity index (χ4n) is 2.01. The van der Waals surface area contributed by atoms with Crippen LogP contribution in [0.5, 0.6) is 0 Å². The molecule has 0 aliphatic carbocycles. The normalized spacial score (nSPS) is 12.0. The molecule has 0 rings (SSSR count). The summed E-state index contributed by atoms with van der Waals surface area (Å²) >= 11 is 0. The minimum Gasteiger partial charge on any atom is -0.376 e. The topological polar surface area (TPSA) is 32.3 Å². The monoisotopic (exact) mass is 243 g/mol. The quantitative estimate of drug-likeness (QED) is 0.397. The van der Waals surface area contributed by atoms with Gasteiger partial charge in [0.2, 0.25) is 0 Å². The van der Waals surface area contributed by atoms with E-state index in [-0.39, 0.29) is 0 Å². The van der Waals surface area contributed by atoms with Gasteiger partial charge in [0.05, 0.1) is 0 Å². The standard InChI is InChI=1S/C15H33NO/c1-4-5-6-7-8-9-10-11-12-13-14-16-15(2,3)17/h16-17H,4-14H2,1-3H3. The molecular weight excluding hydrogens is 210 g/mol. The lowest BCUT2D eigenvalue weighted by atomic mass is 10.1. The molecule has 2 N–H and O–H groups in total. The Labute approximate surface area is 108 Å². The van der Waals surface area contributed by atoms with Crippen molar-refractivity contribution in [3.63, 3.8) is 0 Å². The number of rotatable bonds is 12. The fraction of sp³-hybridized carbons (Fsp3) is 1.00. The molecule has 0 spiro atoms. The highest BCUT2D eigenvalue weighted by molar-refractivity contribution is 4.61. The molecule has 0 saturated heterocycles. The highest BCUT2D eigenvalue weighted by Gasteiger charge is 2.08. The van der Waals surface area contributed by atoms with Gasteiger partial charge in [-0.2, -0.15) is 0 Å². The van der Waals surface area contributed by atoms with Crippen molar-refractivity contribution < 1.29 is 5.11 Å². The van der Waals surface area contributed by atoms with Crippen molar-refractivity contribution in [3.8, 4) is 0 Å². The van der Waals surface area contributed by atoms with Crippen molar-refractivity contribution in [2.24, 2.45) is 0 Å². The fourth-order valence-corrected chi connectivity index (χ4v) is 2.01. The third-order valence-corrected chi connectivity index (χ3v) is 3.09. The number of hydrogen-bond acceptors (Lipinski definition) is 2. The Morgan fingerprint density at radius 1 is 0.765 bits per heavy atom. The highest BCUT2D eigenvalue weighted by atomic mass is 16.3. The minimum absolute atomic E-state index is 0.709. The summed E-state index contributed by atoms with van der Waals surface area (Å²) in [5.74, 6) is 0. The van der Waals surface area contributed by atoms with Crippen LogP contribution in [0.15, 0.2) is 0 Å². The van der Waals surface area contributed by atoms with E-state index in [1.807, 2.05) is 0 Å². The maximum Gasteiger partial charge on any atom is 0.110 e. The molecule has 2 heteroatoms. The predicted molar refractivity (Wildman–Crippen MR) is 76.1 cm³/mol. The Balaban J connectivity index is 2.99. The van der Waals surface area contributed by atoms with E-state index >= 15 is 0 Å². The van der Waals surface area contributed by atoms with Crippen LogP contribution in [0.3, 0.4) is 0 Å². The summed E-state index contributed by atoms with van der Waals surface area (Å²) in [5.41, 5.74) is -0.709. The van der Waals surface area contributed by atoms with E-state index in [0.29, 0.717) is 0 Å². The first-order valence-corrected chi connectivity index (χ1v) is 7.53. The summed E-state index contributed by atoms with van der Waals surface area (Å²) < 4.78 is 0. The SMILES string of the molecule is CCCCCCCCCCCCNC(C)(C)O. The summed E-state index contributed by atoms with van der Waals surface area (Å²) in [6.45, 7) is 6.79. The Morgan fingerprint density at radius 3 is 1.59 bits per heavy atom. The van der Waals surface area contributed by atoms with Crippen LogP contribution in [0.1, 0.15) is 85.0 Å². The maximum atomic E-state index is 9.45. The van der Waals surface area contributed by atoms with Crippen LogP contribution in [-0.4, -0.2) is 17.4 Å². The van der Waals surface area contributed by atoms with E-state index in [9.17, 15) is 5.11 Å². The summed E-state index contributed by atoms with van der Waals surface area (Å²) in [6, 6.07) is 0. The van der Waals surface area contributed by atoms with E-state index in [1.54, 1.807) is 13.8 Å². The third-order valence-electron chi connectivity index (χ3n) is 3.09. The van der Waals surface area contributed by atoms with Crippen molar-refractivity contribution in [2.75, 3.05) is 6.54 Å². The van der Waals surface area contributed by atoms with Gasteiger partial charge in [0.15, 0.2) is 0 Å². The summed E-state index contributed by atoms with van der Waals surface area (Å²) in [7, 11) is 0. The molecule has 2 nitrogen and oxygen atoms in total. The van der Waals surface area contributed by atoms with Gasteiger partial charge < -0.3 is 5.11 Å². The average molecular weight is 243 g/mol. The second-order valence-electron chi connectivity index (χ2n) is 5.67. The van der Waals surface area contributed by atoms with Gasteiger partial charge in [-0.05, 0) is 26.8 Å². The van der Waals surface area contributed by atoms with Gasteiger partial charge in [-0.25, -0.2) is 0 Å². The first-order valence-electron chi connectivity index (χ1n) is 7.53. The first kappa shape index (κ1) is 16.9. The summed E-state index contributed by atoms with van der Waals surface area (Å²) in [6.07, 6.45) is 13.6. The number of aliphatic hydroxyl groups is 1. The average Bonchev–Trinajstić information content (AvgIpc) is 2.24. The molecule has 0 atom stereocenters. The van der Waals surface area contributed by atoms with Crippen molar-refractivity contribution in [1.82, 2.24) is 5.32 Å². The molecule has 0 radical (unpaired) electrons. The zero-order valence-corrected chi connectivity index (χ0v) is 12.2. The molecule has 0 aliphatic heterocycles. The molecule has 0 aromatic carbocycles. The van der Waals surface area contributed by atoms with Crippen LogP contribution in [-0.2, 0) is 0 Å². The van der Waals surface area contributed by atoms with Crippen LogP contribution < -0.4 is 5.32 Å². The van der Waals surface area contributed by atoms with E-state index < -0.39 is 5.72 Å². The second kappa shape index (κ2) is 11.0. The molecule has 0 fully saturated rings. The van der Waals surface area contributed by atoms with Gasteiger partial charge in [0.1, 0.15) is 5.72 Å². The molecule has 0 aliphatic rings. The Kier molecular flexibility index (Phi) is 11.0. The molecule has 17 heavy (non-hydrogen) atoms. The van der Waals surface area contributed by atoms with Crippen LogP contribution in [0.25, 0.3) is 0 Å². The van der Waals surface area contributed by atoms with E-state index in [0.717, 1.165) is 6.54 Å². The van der Waals surface area contributed by atoms with Gasteiger partial charge in [-0.1, -0.05) is 64.7 Å². The molecule has 0 heterocycles. The molecule has 0 unspecified atom stereocenters. The van der Waals surface area contributed by atoms with Gasteiger partial charge >= 0.3 is 0 Å². The lowest BCUT2D eigenvalue weighted by molar-refractivity contribution is 0.0435. The Hall–Kier alpha value is -0.0800. The summed E-state index contributed by atoms with van der Waals surface area (Å²) in [4.78, 5) is 0. The number of hydrogen-bond donors (Lipinski definition) is 2. The largest absolute Gasteiger partial charge is 0.376 e. The van der Waals surface area contributed by atoms with Crippen LogP contribution >= 0.6 is 0 Å². The van der Waals surface area contributed by atoms with Crippen molar-refractivity contribution in [3.05, 3.63) is 0 Å². The van der Waals surface area contributed by atoms with Gasteiger partial charge in [-0.3, -0.25) is 5.32 Å². The van der Waals surface area contributed by atoms with Crippen LogP contribution in [0.4, 0.5) is 0 Å². The lowest BCUT2D eigenvalue weighted by Crippen LogP contribution is -2.39. The zero-order chi connectivity index (χ0) is 13.0. The van der Waals surface area contributed by atoms with Crippen LogP contribution in [0, 0.1) is 0 Å². The Bertz CT molecular complexity index is 151. The second-order valence-corrected chi connectivity index (χ2v) is 5.67. The first-order chi connectivity index (χ1) is 8.06. The number of unbranched alkanes of at least 4 members (excludes halogenated alkanes) is 9. The predicted octanol–water partition coefficient (Wildman–Crippen LogP) is 4.23. The molecule has 0 aromatic heterocycles. The van der Waals surface area contributed by atoms with Crippen LogP contribution in [0.2, 0.25) is 0 Å². The molecular formula is C15H33NO. The smallest absolute Gasteiger partial charge is 0.110 e. The molecule has 0 amide bonds. The van der Waals surface area contributed by atoms with E-state index in [1.165, 1.54) is 64.2 Å². The van der Waals surface area contributed by atoms with Gasteiger partial charge in [0, 0.05) is 0 Å². The number of nitrogens with one attached hydrogen (secondary N) is 1. The zero-order valence-electron chi connectivity index (χ0n) is 12.2. The van der Waals surface area contributed by atoms with Gasteiger partial charge in [-0.15, -0.1) is 0 Å². The molecule has 0 bridgehead atoms.